The Balaban J connectivity index is 1.67. The van der Waals surface area contributed by atoms with E-state index in [1.54, 1.807) is 0 Å². The van der Waals surface area contributed by atoms with Gasteiger partial charge in [0.15, 0.2) is 0 Å². The monoisotopic (exact) mass is 283 g/mol. The van der Waals surface area contributed by atoms with Gasteiger partial charge in [-0.3, -0.25) is 0 Å². The van der Waals surface area contributed by atoms with Crippen LogP contribution in [-0.4, -0.2) is 19.8 Å². The normalized spacial score (nSPS) is 17.3. The minimum atomic E-state index is 0.0214. The van der Waals surface area contributed by atoms with Crippen LogP contribution in [0.5, 0.6) is 5.75 Å². The molecule has 3 rings (SSSR count). The van der Waals surface area contributed by atoms with Crippen LogP contribution in [0.4, 0.5) is 0 Å². The van der Waals surface area contributed by atoms with E-state index in [1.807, 2.05) is 12.1 Å². The molecule has 3 nitrogen and oxygen atoms in total. The molecule has 2 aromatic carbocycles. The lowest BCUT2D eigenvalue weighted by molar-refractivity contribution is 0.0102. The maximum Gasteiger partial charge on any atom is 0.119 e. The molecule has 0 aliphatic carbocycles. The van der Waals surface area contributed by atoms with E-state index in [0.717, 1.165) is 25.2 Å². The third-order valence-electron chi connectivity index (χ3n) is 3.83. The Morgan fingerprint density at radius 2 is 2.05 bits per heavy atom. The number of hydrogen-bond acceptors (Lipinski definition) is 3. The van der Waals surface area contributed by atoms with Crippen molar-refractivity contribution in [2.24, 2.45) is 5.73 Å². The van der Waals surface area contributed by atoms with Gasteiger partial charge in [-0.05, 0) is 48.2 Å². The number of fused-ring (bicyclic) bond motifs is 1. The van der Waals surface area contributed by atoms with Crippen LogP contribution in [-0.2, 0) is 17.6 Å². The zero-order chi connectivity index (χ0) is 14.5. The summed E-state index contributed by atoms with van der Waals surface area (Å²) in [6.45, 7) is 1.96. The zero-order valence-corrected chi connectivity index (χ0v) is 12.1. The lowest BCUT2D eigenvalue weighted by atomic mass is 9.98. The van der Waals surface area contributed by atoms with Crippen molar-refractivity contribution >= 4 is 0 Å². The number of hydrogen-bond donors (Lipinski definition) is 1. The highest BCUT2D eigenvalue weighted by molar-refractivity contribution is 5.32. The minimum absolute atomic E-state index is 0.0214. The van der Waals surface area contributed by atoms with Crippen molar-refractivity contribution < 1.29 is 9.47 Å². The maximum absolute atomic E-state index is 5.92. The van der Waals surface area contributed by atoms with Crippen molar-refractivity contribution in [2.45, 2.75) is 18.9 Å². The molecule has 1 heterocycles. The van der Waals surface area contributed by atoms with Crippen LogP contribution in [0.15, 0.2) is 48.5 Å². The van der Waals surface area contributed by atoms with Crippen molar-refractivity contribution in [2.75, 3.05) is 19.8 Å². The van der Waals surface area contributed by atoms with Crippen LogP contribution >= 0.6 is 0 Å². The molecule has 1 aliphatic heterocycles. The lowest BCUT2D eigenvalue weighted by Gasteiger charge is -2.26. The molecule has 110 valence electrons. The van der Waals surface area contributed by atoms with E-state index in [9.17, 15) is 0 Å². The van der Waals surface area contributed by atoms with E-state index in [0.29, 0.717) is 13.2 Å². The van der Waals surface area contributed by atoms with Crippen LogP contribution in [0.3, 0.4) is 0 Å². The first-order valence-corrected chi connectivity index (χ1v) is 7.48. The Labute approximate surface area is 125 Å². The topological polar surface area (TPSA) is 44.5 Å². The molecule has 0 amide bonds. The van der Waals surface area contributed by atoms with E-state index in [2.05, 4.69) is 36.4 Å². The van der Waals surface area contributed by atoms with Crippen molar-refractivity contribution in [1.29, 1.82) is 0 Å². The molecule has 2 N–H and O–H groups in total. The van der Waals surface area contributed by atoms with Gasteiger partial charge in [-0.25, -0.2) is 0 Å². The highest BCUT2D eigenvalue weighted by Crippen LogP contribution is 2.27. The number of benzene rings is 2. The molecular formula is C18H21NO2. The summed E-state index contributed by atoms with van der Waals surface area (Å²) in [5, 5.41) is 0. The Hall–Kier alpha value is -1.84. The minimum Gasteiger partial charge on any atom is -0.491 e. The number of rotatable bonds is 5. The second kappa shape index (κ2) is 6.74. The molecule has 2 aromatic rings. The van der Waals surface area contributed by atoms with E-state index >= 15 is 0 Å². The first kappa shape index (κ1) is 14.1. The Morgan fingerprint density at radius 3 is 2.95 bits per heavy atom. The van der Waals surface area contributed by atoms with Crippen LogP contribution in [0.1, 0.15) is 22.8 Å². The lowest BCUT2D eigenvalue weighted by Crippen LogP contribution is -2.21. The van der Waals surface area contributed by atoms with Crippen LogP contribution < -0.4 is 10.5 Å². The van der Waals surface area contributed by atoms with E-state index in [4.69, 9.17) is 15.2 Å². The van der Waals surface area contributed by atoms with Crippen LogP contribution in [0, 0.1) is 0 Å². The fourth-order valence-corrected chi connectivity index (χ4v) is 2.74. The van der Waals surface area contributed by atoms with Gasteiger partial charge in [0.1, 0.15) is 18.5 Å². The SMILES string of the molecule is NCCc1cccc(OCC2OCCc3ccccc32)c1. The smallest absolute Gasteiger partial charge is 0.119 e. The molecule has 3 heteroatoms. The molecule has 1 aliphatic rings. The van der Waals surface area contributed by atoms with Gasteiger partial charge >= 0.3 is 0 Å². The molecule has 0 saturated carbocycles. The Kier molecular flexibility index (Phi) is 4.53. The fourth-order valence-electron chi connectivity index (χ4n) is 2.74. The molecule has 1 unspecified atom stereocenters. The number of ether oxygens (including phenoxy) is 2. The molecule has 0 radical (unpaired) electrons. The fraction of sp³-hybridized carbons (Fsp3) is 0.333. The summed E-state index contributed by atoms with van der Waals surface area (Å²) in [6, 6.07) is 16.6. The maximum atomic E-state index is 5.92. The van der Waals surface area contributed by atoms with Gasteiger partial charge in [0, 0.05) is 0 Å². The number of nitrogens with two attached hydrogens (primary N) is 1. The van der Waals surface area contributed by atoms with Crippen LogP contribution in [0.25, 0.3) is 0 Å². The van der Waals surface area contributed by atoms with Crippen molar-refractivity contribution in [3.8, 4) is 5.75 Å². The molecule has 0 bridgehead atoms. The van der Waals surface area contributed by atoms with E-state index in [-0.39, 0.29) is 6.10 Å². The largest absolute Gasteiger partial charge is 0.491 e. The highest BCUT2D eigenvalue weighted by atomic mass is 16.5. The summed E-state index contributed by atoms with van der Waals surface area (Å²) in [6.07, 6.45) is 1.88. The predicted octanol–water partition coefficient (Wildman–Crippen LogP) is 2.88. The van der Waals surface area contributed by atoms with Gasteiger partial charge < -0.3 is 15.2 Å². The van der Waals surface area contributed by atoms with Gasteiger partial charge in [0.2, 0.25) is 0 Å². The van der Waals surface area contributed by atoms with E-state index in [1.165, 1.54) is 16.7 Å². The average molecular weight is 283 g/mol. The van der Waals surface area contributed by atoms with Gasteiger partial charge in [0.05, 0.1) is 6.61 Å². The van der Waals surface area contributed by atoms with Gasteiger partial charge in [-0.2, -0.15) is 0 Å². The standard InChI is InChI=1S/C18H21NO2/c19-10-8-14-4-3-6-16(12-14)21-13-18-17-7-2-1-5-15(17)9-11-20-18/h1-7,12,18H,8-11,13,19H2. The second-order valence-corrected chi connectivity index (χ2v) is 5.31. The first-order valence-electron chi connectivity index (χ1n) is 7.48. The molecular weight excluding hydrogens is 262 g/mol. The summed E-state index contributed by atoms with van der Waals surface area (Å²) in [5.41, 5.74) is 9.42. The van der Waals surface area contributed by atoms with Crippen molar-refractivity contribution in [3.63, 3.8) is 0 Å². The zero-order valence-electron chi connectivity index (χ0n) is 12.1. The van der Waals surface area contributed by atoms with E-state index < -0.39 is 0 Å². The first-order chi connectivity index (χ1) is 10.4. The molecule has 0 fully saturated rings. The summed E-state index contributed by atoms with van der Waals surface area (Å²) in [5.74, 6) is 0.882. The quantitative estimate of drug-likeness (QED) is 0.917. The molecule has 0 spiro atoms. The Morgan fingerprint density at radius 1 is 1.14 bits per heavy atom. The molecule has 21 heavy (non-hydrogen) atoms. The van der Waals surface area contributed by atoms with Gasteiger partial charge in [0.25, 0.3) is 0 Å². The predicted molar refractivity (Wildman–Crippen MR) is 83.5 cm³/mol. The van der Waals surface area contributed by atoms with Crippen LogP contribution in [0.2, 0.25) is 0 Å². The summed E-state index contributed by atoms with van der Waals surface area (Å²) in [7, 11) is 0. The highest BCUT2D eigenvalue weighted by Gasteiger charge is 2.20. The third-order valence-corrected chi connectivity index (χ3v) is 3.83. The summed E-state index contributed by atoms with van der Waals surface area (Å²) in [4.78, 5) is 0. The van der Waals surface area contributed by atoms with Gasteiger partial charge in [-0.15, -0.1) is 0 Å². The second-order valence-electron chi connectivity index (χ2n) is 5.31. The summed E-state index contributed by atoms with van der Waals surface area (Å²) >= 11 is 0. The van der Waals surface area contributed by atoms with Gasteiger partial charge in [-0.1, -0.05) is 36.4 Å². The summed E-state index contributed by atoms with van der Waals surface area (Å²) < 4.78 is 11.8. The van der Waals surface area contributed by atoms with Crippen molar-refractivity contribution in [3.05, 3.63) is 65.2 Å². The average Bonchev–Trinajstić information content (AvgIpc) is 2.53. The Bertz CT molecular complexity index is 597. The molecule has 0 aromatic heterocycles. The molecule has 0 saturated heterocycles. The molecule has 1 atom stereocenters. The third kappa shape index (κ3) is 3.43. The van der Waals surface area contributed by atoms with Crippen molar-refractivity contribution in [1.82, 2.24) is 0 Å².